The fourth-order valence-electron chi connectivity index (χ4n) is 1.72. The Kier molecular flexibility index (Phi) is 6.85. The van der Waals surface area contributed by atoms with Crippen LogP contribution in [0.1, 0.15) is 18.1 Å². The Morgan fingerprint density at radius 1 is 1.38 bits per heavy atom. The smallest absolute Gasteiger partial charge is 0.240 e. The van der Waals surface area contributed by atoms with Crippen LogP contribution in [0.5, 0.6) is 0 Å². The van der Waals surface area contributed by atoms with E-state index in [1.165, 1.54) is 6.07 Å². The predicted octanol–water partition coefficient (Wildman–Crippen LogP) is 0.569. The number of benzene rings is 1. The lowest BCUT2D eigenvalue weighted by Gasteiger charge is -2.15. The Morgan fingerprint density at radius 3 is 2.71 bits per heavy atom. The van der Waals surface area contributed by atoms with Crippen LogP contribution in [0.4, 0.5) is 0 Å². The van der Waals surface area contributed by atoms with Gasteiger partial charge in [0.15, 0.2) is 0 Å². The van der Waals surface area contributed by atoms with E-state index in [1.807, 2.05) is 18.9 Å². The summed E-state index contributed by atoms with van der Waals surface area (Å²) >= 11 is 0. The Hall–Kier alpha value is -1.39. The molecule has 0 amide bonds. The molecule has 2 N–H and O–H groups in total. The van der Waals surface area contributed by atoms with Crippen LogP contribution in [0.2, 0.25) is 0 Å². The van der Waals surface area contributed by atoms with Gasteiger partial charge in [0.05, 0.1) is 4.90 Å². The molecule has 0 saturated heterocycles. The first-order chi connectivity index (χ1) is 9.90. The maximum absolute atomic E-state index is 12.3. The average Bonchev–Trinajstić information content (AvgIpc) is 2.45. The van der Waals surface area contributed by atoms with Crippen LogP contribution < -0.4 is 4.72 Å². The second-order valence-corrected chi connectivity index (χ2v) is 6.47. The van der Waals surface area contributed by atoms with Crippen molar-refractivity contribution in [2.45, 2.75) is 18.7 Å². The van der Waals surface area contributed by atoms with Crippen molar-refractivity contribution in [1.29, 1.82) is 0 Å². The number of likely N-dealkylation sites (N-methyl/N-ethyl adjacent to an activating group) is 1. The van der Waals surface area contributed by atoms with Gasteiger partial charge in [-0.1, -0.05) is 24.8 Å². The van der Waals surface area contributed by atoms with Crippen LogP contribution in [-0.2, 0) is 10.0 Å². The van der Waals surface area contributed by atoms with E-state index in [0.29, 0.717) is 24.2 Å². The van der Waals surface area contributed by atoms with Crippen molar-refractivity contribution in [2.24, 2.45) is 0 Å². The highest BCUT2D eigenvalue weighted by Gasteiger charge is 2.16. The second kappa shape index (κ2) is 8.15. The molecular weight excluding hydrogens is 288 g/mol. The summed E-state index contributed by atoms with van der Waals surface area (Å²) in [5, 5.41) is 8.69. The van der Waals surface area contributed by atoms with E-state index in [-0.39, 0.29) is 11.5 Å². The van der Waals surface area contributed by atoms with Gasteiger partial charge in [0.2, 0.25) is 10.0 Å². The van der Waals surface area contributed by atoms with Crippen molar-refractivity contribution >= 4 is 10.0 Å². The van der Waals surface area contributed by atoms with Crippen LogP contribution in [0.3, 0.4) is 0 Å². The molecule has 21 heavy (non-hydrogen) atoms. The molecule has 1 aromatic rings. The molecule has 6 heteroatoms. The Balaban J connectivity index is 2.91. The average molecular weight is 310 g/mol. The minimum atomic E-state index is -3.55. The van der Waals surface area contributed by atoms with Crippen LogP contribution >= 0.6 is 0 Å². The molecule has 116 valence electrons. The van der Waals surface area contributed by atoms with Gasteiger partial charge in [-0.25, -0.2) is 13.1 Å². The molecule has 0 aliphatic heterocycles. The largest absolute Gasteiger partial charge is 0.384 e. The molecule has 5 nitrogen and oxygen atoms in total. The molecule has 0 aliphatic carbocycles. The highest BCUT2D eigenvalue weighted by atomic mass is 32.2. The Bertz CT molecular complexity index is 630. The molecule has 0 atom stereocenters. The van der Waals surface area contributed by atoms with Crippen LogP contribution in [-0.4, -0.2) is 51.7 Å². The standard InChI is InChI=1S/C15H22N2O3S/c1-4-17(3)10-9-16-21(19,20)15-12-14(6-5-11-18)8-7-13(15)2/h7-8,12,16,18H,4,9-11H2,1-3H3. The normalized spacial score (nSPS) is 11.3. The molecular formula is C15H22N2O3S. The first kappa shape index (κ1) is 17.7. The number of sulfonamides is 1. The maximum atomic E-state index is 12.3. The lowest BCUT2D eigenvalue weighted by atomic mass is 10.1. The van der Waals surface area contributed by atoms with Crippen molar-refractivity contribution in [1.82, 2.24) is 9.62 Å². The molecule has 0 heterocycles. The molecule has 0 radical (unpaired) electrons. The second-order valence-electron chi connectivity index (χ2n) is 4.73. The van der Waals surface area contributed by atoms with Gasteiger partial charge >= 0.3 is 0 Å². The van der Waals surface area contributed by atoms with E-state index in [4.69, 9.17) is 5.11 Å². The number of aliphatic hydroxyl groups is 1. The van der Waals surface area contributed by atoms with Gasteiger partial charge in [-0.05, 0) is 38.2 Å². The van der Waals surface area contributed by atoms with E-state index in [1.54, 1.807) is 19.1 Å². The fraction of sp³-hybridized carbons (Fsp3) is 0.467. The van der Waals surface area contributed by atoms with E-state index in [9.17, 15) is 8.42 Å². The minimum absolute atomic E-state index is 0.228. The number of hydrogen-bond donors (Lipinski definition) is 2. The highest BCUT2D eigenvalue weighted by Crippen LogP contribution is 2.16. The van der Waals surface area contributed by atoms with Gasteiger partial charge in [-0.15, -0.1) is 0 Å². The van der Waals surface area contributed by atoms with E-state index in [2.05, 4.69) is 16.6 Å². The summed E-state index contributed by atoms with van der Waals surface area (Å²) in [5.41, 5.74) is 1.24. The summed E-state index contributed by atoms with van der Waals surface area (Å²) in [6.07, 6.45) is 0. The predicted molar refractivity (Wildman–Crippen MR) is 83.5 cm³/mol. The molecule has 0 spiro atoms. The number of nitrogens with zero attached hydrogens (tertiary/aromatic N) is 1. The summed E-state index contributed by atoms with van der Waals surface area (Å²) < 4.78 is 27.2. The maximum Gasteiger partial charge on any atom is 0.240 e. The molecule has 0 aromatic heterocycles. The molecule has 0 unspecified atom stereocenters. The molecule has 0 bridgehead atoms. The Morgan fingerprint density at radius 2 is 2.10 bits per heavy atom. The quantitative estimate of drug-likeness (QED) is 0.754. The first-order valence-corrected chi connectivity index (χ1v) is 8.27. The molecule has 0 aliphatic rings. The van der Waals surface area contributed by atoms with Gasteiger partial charge in [-0.3, -0.25) is 0 Å². The van der Waals surface area contributed by atoms with Crippen molar-refractivity contribution in [3.05, 3.63) is 29.3 Å². The third-order valence-corrected chi connectivity index (χ3v) is 4.72. The van der Waals surface area contributed by atoms with Gasteiger partial charge in [-0.2, -0.15) is 0 Å². The monoisotopic (exact) mass is 310 g/mol. The summed E-state index contributed by atoms with van der Waals surface area (Å²) in [6, 6.07) is 4.99. The summed E-state index contributed by atoms with van der Waals surface area (Å²) in [7, 11) is -1.61. The lowest BCUT2D eigenvalue weighted by molar-refractivity contribution is 0.350. The number of hydrogen-bond acceptors (Lipinski definition) is 4. The zero-order valence-corrected chi connectivity index (χ0v) is 13.5. The minimum Gasteiger partial charge on any atom is -0.384 e. The zero-order valence-electron chi connectivity index (χ0n) is 12.7. The zero-order chi connectivity index (χ0) is 15.9. The molecule has 0 saturated carbocycles. The highest BCUT2D eigenvalue weighted by molar-refractivity contribution is 7.89. The van der Waals surface area contributed by atoms with E-state index >= 15 is 0 Å². The third kappa shape index (κ3) is 5.48. The van der Waals surface area contributed by atoms with Gasteiger partial charge in [0.25, 0.3) is 0 Å². The number of aliphatic hydroxyl groups excluding tert-OH is 1. The summed E-state index contributed by atoms with van der Waals surface area (Å²) in [5.74, 6) is 5.23. The van der Waals surface area contributed by atoms with E-state index < -0.39 is 10.0 Å². The topological polar surface area (TPSA) is 69.6 Å². The van der Waals surface area contributed by atoms with E-state index in [0.717, 1.165) is 6.54 Å². The van der Waals surface area contributed by atoms with Crippen LogP contribution in [0.15, 0.2) is 23.1 Å². The number of nitrogens with one attached hydrogen (secondary N) is 1. The lowest BCUT2D eigenvalue weighted by Crippen LogP contribution is -2.33. The van der Waals surface area contributed by atoms with Crippen molar-refractivity contribution in [3.8, 4) is 11.8 Å². The first-order valence-electron chi connectivity index (χ1n) is 6.79. The van der Waals surface area contributed by atoms with Crippen LogP contribution in [0, 0.1) is 18.8 Å². The fourth-order valence-corrected chi connectivity index (χ4v) is 3.01. The van der Waals surface area contributed by atoms with Gasteiger partial charge < -0.3 is 10.0 Å². The number of rotatable bonds is 6. The van der Waals surface area contributed by atoms with Crippen molar-refractivity contribution < 1.29 is 13.5 Å². The SMILES string of the molecule is CCN(C)CCNS(=O)(=O)c1cc(C#CCO)ccc1C. The summed E-state index contributed by atoms with van der Waals surface area (Å²) in [4.78, 5) is 2.25. The number of aryl methyl sites for hydroxylation is 1. The molecule has 1 aromatic carbocycles. The molecule has 1 rings (SSSR count). The van der Waals surface area contributed by atoms with Crippen LogP contribution in [0.25, 0.3) is 0 Å². The summed E-state index contributed by atoms with van der Waals surface area (Å²) in [6.45, 7) is 5.39. The van der Waals surface area contributed by atoms with Crippen molar-refractivity contribution in [3.63, 3.8) is 0 Å². The van der Waals surface area contributed by atoms with Gasteiger partial charge in [0.1, 0.15) is 6.61 Å². The van der Waals surface area contributed by atoms with Crippen molar-refractivity contribution in [2.75, 3.05) is 33.3 Å². The van der Waals surface area contributed by atoms with Gasteiger partial charge in [0, 0.05) is 18.7 Å². The molecule has 0 fully saturated rings. The Labute approximate surface area is 127 Å². The third-order valence-electron chi connectivity index (χ3n) is 3.11.